The normalized spacial score (nSPS) is 22.6. The number of fused-ring (bicyclic) bond motifs is 1. The fraction of sp³-hybridized carbons (Fsp3) is 0.364. The summed E-state index contributed by atoms with van der Waals surface area (Å²) >= 11 is 0. The summed E-state index contributed by atoms with van der Waals surface area (Å²) in [5, 5.41) is 6.25. The van der Waals surface area contributed by atoms with Crippen molar-refractivity contribution in [3.8, 4) is 0 Å². The molecule has 1 saturated heterocycles. The molecule has 4 N–H and O–H groups in total. The van der Waals surface area contributed by atoms with Gasteiger partial charge in [0.2, 0.25) is 5.95 Å². The second kappa shape index (κ2) is 7.64. The van der Waals surface area contributed by atoms with Crippen molar-refractivity contribution in [2.24, 2.45) is 4.99 Å². The summed E-state index contributed by atoms with van der Waals surface area (Å²) < 4.78 is 14.3. The van der Waals surface area contributed by atoms with Gasteiger partial charge < -0.3 is 21.3 Å². The maximum atomic E-state index is 14.3. The predicted molar refractivity (Wildman–Crippen MR) is 115 cm³/mol. The summed E-state index contributed by atoms with van der Waals surface area (Å²) in [6.45, 7) is 3.69. The number of amides is 1. The molecule has 0 spiro atoms. The lowest BCUT2D eigenvalue weighted by Crippen LogP contribution is -2.38. The Morgan fingerprint density at radius 1 is 1.19 bits per heavy atom. The molecule has 5 rings (SSSR count). The van der Waals surface area contributed by atoms with Gasteiger partial charge in [-0.3, -0.25) is 4.79 Å². The van der Waals surface area contributed by atoms with E-state index in [9.17, 15) is 9.18 Å². The van der Waals surface area contributed by atoms with Gasteiger partial charge in [-0.1, -0.05) is 6.07 Å². The number of nitrogen functional groups attached to an aromatic ring is 1. The molecule has 1 amide bonds. The van der Waals surface area contributed by atoms with E-state index in [1.54, 1.807) is 13.0 Å². The molecule has 1 fully saturated rings. The molecule has 4 heterocycles. The molecule has 3 aliphatic rings. The number of aromatic nitrogens is 2. The van der Waals surface area contributed by atoms with E-state index in [4.69, 9.17) is 10.7 Å². The lowest BCUT2D eigenvalue weighted by atomic mass is 9.90. The Labute approximate surface area is 179 Å². The maximum absolute atomic E-state index is 14.3. The molecular weight excluding hydrogens is 397 g/mol. The van der Waals surface area contributed by atoms with Crippen LogP contribution in [0.3, 0.4) is 0 Å². The molecule has 0 radical (unpaired) electrons. The molecule has 31 heavy (non-hydrogen) atoms. The van der Waals surface area contributed by atoms with E-state index in [1.807, 2.05) is 12.3 Å². The molecule has 160 valence electrons. The molecular formula is C22H24FN7O. The van der Waals surface area contributed by atoms with Crippen LogP contribution in [0.2, 0.25) is 0 Å². The van der Waals surface area contributed by atoms with Crippen molar-refractivity contribution < 1.29 is 9.18 Å². The highest BCUT2D eigenvalue weighted by Gasteiger charge is 2.32. The molecule has 9 heteroatoms. The second-order valence-corrected chi connectivity index (χ2v) is 8.08. The van der Waals surface area contributed by atoms with Gasteiger partial charge in [-0.15, -0.1) is 0 Å². The highest BCUT2D eigenvalue weighted by molar-refractivity contribution is 5.98. The third kappa shape index (κ3) is 3.60. The number of rotatable bonds is 2. The number of aliphatic imine (C=N–C) groups is 1. The number of benzene rings is 1. The molecule has 1 unspecified atom stereocenters. The summed E-state index contributed by atoms with van der Waals surface area (Å²) in [4.78, 5) is 28.3. The molecule has 2 aromatic rings. The summed E-state index contributed by atoms with van der Waals surface area (Å²) in [6, 6.07) is 4.23. The van der Waals surface area contributed by atoms with Gasteiger partial charge in [0.15, 0.2) is 0 Å². The zero-order chi connectivity index (χ0) is 21.5. The second-order valence-electron chi connectivity index (χ2n) is 8.08. The minimum atomic E-state index is -0.443. The lowest BCUT2D eigenvalue weighted by Gasteiger charge is -2.30. The number of likely N-dealkylation sites (tertiary alicyclic amines) is 1. The van der Waals surface area contributed by atoms with Crippen molar-refractivity contribution in [2.45, 2.75) is 38.4 Å². The van der Waals surface area contributed by atoms with Crippen LogP contribution in [-0.2, 0) is 6.42 Å². The average molecular weight is 421 g/mol. The summed E-state index contributed by atoms with van der Waals surface area (Å²) in [5.41, 5.74) is 8.91. The lowest BCUT2D eigenvalue weighted by molar-refractivity contribution is 0.0922. The van der Waals surface area contributed by atoms with Gasteiger partial charge >= 0.3 is 0 Å². The van der Waals surface area contributed by atoms with Gasteiger partial charge in [0.25, 0.3) is 5.91 Å². The number of aryl methyl sites for hydroxylation is 1. The molecule has 2 atom stereocenters. The first kappa shape index (κ1) is 19.5. The number of anilines is 1. The summed E-state index contributed by atoms with van der Waals surface area (Å²) in [7, 11) is 0. The number of nitrogens with zero attached hydrogens (tertiary/aromatic N) is 4. The number of hydrogen-bond acceptors (Lipinski definition) is 7. The topological polar surface area (TPSA) is 109 Å². The van der Waals surface area contributed by atoms with Crippen molar-refractivity contribution in [3.05, 3.63) is 64.4 Å². The van der Waals surface area contributed by atoms with E-state index in [1.165, 1.54) is 12.1 Å². The minimum absolute atomic E-state index is 0.142. The number of carbonyl (C=O) groups is 1. The van der Waals surface area contributed by atoms with Gasteiger partial charge in [0.1, 0.15) is 17.8 Å². The monoisotopic (exact) mass is 421 g/mol. The van der Waals surface area contributed by atoms with E-state index in [-0.39, 0.29) is 23.7 Å². The standard InChI is InChI=1S/C22H24FN7O/c1-12-19-17(28-22(24)26-12)11-16(27-21(19)31)14-5-4-13(23)10-15(14)20-25-7-6-18(29-20)30-8-2-3-9-30/h4-7,10,16,20,25H,2-3,8-9,11H2,1H3,(H,27,31)(H2,24,26,28)/t16-,20?/m1/s1. The average Bonchev–Trinajstić information content (AvgIpc) is 3.28. The van der Waals surface area contributed by atoms with E-state index < -0.39 is 6.17 Å². The van der Waals surface area contributed by atoms with Crippen LogP contribution < -0.4 is 16.4 Å². The first-order chi connectivity index (χ1) is 15.0. The van der Waals surface area contributed by atoms with Gasteiger partial charge in [-0.05, 0) is 43.5 Å². The fourth-order valence-electron chi connectivity index (χ4n) is 4.58. The van der Waals surface area contributed by atoms with Gasteiger partial charge in [0, 0.05) is 31.3 Å². The Bertz CT molecular complexity index is 1110. The van der Waals surface area contributed by atoms with Crippen LogP contribution in [0.1, 0.15) is 57.9 Å². The van der Waals surface area contributed by atoms with Crippen molar-refractivity contribution in [1.29, 1.82) is 0 Å². The molecule has 8 nitrogen and oxygen atoms in total. The van der Waals surface area contributed by atoms with Crippen molar-refractivity contribution in [1.82, 2.24) is 25.5 Å². The molecule has 0 saturated carbocycles. The Morgan fingerprint density at radius 2 is 2.00 bits per heavy atom. The molecule has 1 aromatic carbocycles. The van der Waals surface area contributed by atoms with Crippen LogP contribution in [-0.4, -0.2) is 39.7 Å². The SMILES string of the molecule is Cc1nc(N)nc2c1C(=O)N[C@@H](c1ccc(F)cc1C1N=C(N3CCCC3)C=CN1)C2. The number of halogens is 1. The maximum Gasteiger partial charge on any atom is 0.255 e. The minimum Gasteiger partial charge on any atom is -0.368 e. The summed E-state index contributed by atoms with van der Waals surface area (Å²) in [5.74, 6) is 0.434. The Kier molecular flexibility index (Phi) is 4.80. The van der Waals surface area contributed by atoms with Crippen LogP contribution in [0.5, 0.6) is 0 Å². The van der Waals surface area contributed by atoms with Crippen LogP contribution in [0.25, 0.3) is 0 Å². The van der Waals surface area contributed by atoms with Crippen LogP contribution in [0.4, 0.5) is 10.3 Å². The first-order valence-corrected chi connectivity index (χ1v) is 10.5. The van der Waals surface area contributed by atoms with Crippen LogP contribution in [0.15, 0.2) is 35.5 Å². The van der Waals surface area contributed by atoms with Crippen LogP contribution >= 0.6 is 0 Å². The smallest absolute Gasteiger partial charge is 0.255 e. The van der Waals surface area contributed by atoms with Gasteiger partial charge in [-0.2, -0.15) is 0 Å². The third-order valence-electron chi connectivity index (χ3n) is 6.01. The Balaban J connectivity index is 1.51. The zero-order valence-electron chi connectivity index (χ0n) is 17.2. The van der Waals surface area contributed by atoms with E-state index >= 15 is 0 Å². The number of nitrogens with two attached hydrogens (primary N) is 1. The van der Waals surface area contributed by atoms with Gasteiger partial charge in [-0.25, -0.2) is 19.4 Å². The molecule has 1 aromatic heterocycles. The number of hydrogen-bond donors (Lipinski definition) is 3. The predicted octanol–water partition coefficient (Wildman–Crippen LogP) is 2.14. The number of nitrogens with one attached hydrogen (secondary N) is 2. The highest BCUT2D eigenvalue weighted by atomic mass is 19.1. The quantitative estimate of drug-likeness (QED) is 0.686. The fourth-order valence-corrected chi connectivity index (χ4v) is 4.58. The van der Waals surface area contributed by atoms with Crippen molar-refractivity contribution in [3.63, 3.8) is 0 Å². The zero-order valence-corrected chi connectivity index (χ0v) is 17.2. The van der Waals surface area contributed by atoms with Crippen molar-refractivity contribution in [2.75, 3.05) is 18.8 Å². The third-order valence-corrected chi connectivity index (χ3v) is 6.01. The highest BCUT2D eigenvalue weighted by Crippen LogP contribution is 2.33. The van der Waals surface area contributed by atoms with Crippen molar-refractivity contribution >= 4 is 17.7 Å². The largest absolute Gasteiger partial charge is 0.368 e. The summed E-state index contributed by atoms with van der Waals surface area (Å²) in [6.07, 6.45) is 6.09. The van der Waals surface area contributed by atoms with Gasteiger partial charge in [0.05, 0.1) is 23.0 Å². The Morgan fingerprint density at radius 3 is 2.81 bits per heavy atom. The van der Waals surface area contributed by atoms with E-state index in [0.29, 0.717) is 28.9 Å². The van der Waals surface area contributed by atoms with E-state index in [2.05, 4.69) is 25.5 Å². The molecule has 0 bridgehead atoms. The van der Waals surface area contributed by atoms with E-state index in [0.717, 1.165) is 37.3 Å². The number of carbonyl (C=O) groups excluding carboxylic acids is 1. The Hall–Kier alpha value is -3.49. The number of amidine groups is 1. The molecule has 0 aliphatic carbocycles. The molecule has 3 aliphatic heterocycles. The first-order valence-electron chi connectivity index (χ1n) is 10.5. The van der Waals surface area contributed by atoms with Crippen LogP contribution in [0, 0.1) is 12.7 Å².